The molecule has 4 rings (SSSR count). The fraction of sp³-hybridized carbons (Fsp3) is 0.0870. The van der Waals surface area contributed by atoms with Crippen LogP contribution in [0.5, 0.6) is 0 Å². The van der Waals surface area contributed by atoms with Crippen molar-refractivity contribution in [3.63, 3.8) is 0 Å². The van der Waals surface area contributed by atoms with Gasteiger partial charge in [0.2, 0.25) is 5.43 Å². The van der Waals surface area contributed by atoms with Gasteiger partial charge in [0.05, 0.1) is 10.9 Å². The number of nitrogens with zero attached hydrogens (tertiary/aromatic N) is 2. The minimum atomic E-state index is -0.282. The van der Waals surface area contributed by atoms with Crippen molar-refractivity contribution in [2.45, 2.75) is 13.5 Å². The molecule has 4 heteroatoms. The molecule has 4 aromatic rings. The minimum absolute atomic E-state index is 0.162. The van der Waals surface area contributed by atoms with E-state index in [0.717, 1.165) is 11.3 Å². The molecule has 0 radical (unpaired) electrons. The molecule has 0 saturated carbocycles. The van der Waals surface area contributed by atoms with Crippen molar-refractivity contribution >= 4 is 16.8 Å². The van der Waals surface area contributed by atoms with E-state index in [1.54, 1.807) is 42.6 Å². The Kier molecular flexibility index (Phi) is 4.38. The van der Waals surface area contributed by atoms with Gasteiger partial charge in [-0.05, 0) is 24.6 Å². The molecule has 0 atom stereocenters. The average molecular weight is 354 g/mol. The molecule has 0 aliphatic rings. The van der Waals surface area contributed by atoms with Crippen LogP contribution in [-0.2, 0) is 6.54 Å². The van der Waals surface area contributed by atoms with Gasteiger partial charge in [-0.3, -0.25) is 9.59 Å². The van der Waals surface area contributed by atoms with E-state index in [9.17, 15) is 9.59 Å². The van der Waals surface area contributed by atoms with Crippen LogP contribution in [0, 0.1) is 6.92 Å². The lowest BCUT2D eigenvalue weighted by Crippen LogP contribution is -2.21. The summed E-state index contributed by atoms with van der Waals surface area (Å²) in [7, 11) is 0. The van der Waals surface area contributed by atoms with Gasteiger partial charge in [-0.2, -0.15) is 0 Å². The molecule has 2 heterocycles. The van der Waals surface area contributed by atoms with Crippen molar-refractivity contribution in [3.8, 4) is 0 Å². The Bertz CT molecular complexity index is 1180. The minimum Gasteiger partial charge on any atom is -0.327 e. The molecule has 0 fully saturated rings. The third kappa shape index (κ3) is 3.29. The molecule has 0 bridgehead atoms. The monoisotopic (exact) mass is 354 g/mol. The molecule has 27 heavy (non-hydrogen) atoms. The normalized spacial score (nSPS) is 10.9. The second-order valence-electron chi connectivity index (χ2n) is 6.50. The van der Waals surface area contributed by atoms with E-state index in [1.807, 2.05) is 47.9 Å². The number of aryl methyl sites for hydroxylation is 1. The zero-order valence-electron chi connectivity index (χ0n) is 14.9. The van der Waals surface area contributed by atoms with Gasteiger partial charge in [0, 0.05) is 24.0 Å². The number of pyridine rings is 2. The highest BCUT2D eigenvalue weighted by Crippen LogP contribution is 2.15. The number of fused-ring (bicyclic) bond motifs is 1. The van der Waals surface area contributed by atoms with Gasteiger partial charge < -0.3 is 4.57 Å². The summed E-state index contributed by atoms with van der Waals surface area (Å²) in [5, 5.41) is 0.457. The Morgan fingerprint density at radius 3 is 2.30 bits per heavy atom. The van der Waals surface area contributed by atoms with Crippen LogP contribution in [0.4, 0.5) is 0 Å². The summed E-state index contributed by atoms with van der Waals surface area (Å²) in [4.78, 5) is 30.5. The van der Waals surface area contributed by atoms with Crippen LogP contribution in [0.25, 0.3) is 11.0 Å². The Balaban J connectivity index is 1.93. The molecule has 2 aromatic heterocycles. The first-order valence-electron chi connectivity index (χ1n) is 8.78. The maximum atomic E-state index is 13.0. The Morgan fingerprint density at radius 1 is 0.926 bits per heavy atom. The van der Waals surface area contributed by atoms with Gasteiger partial charge >= 0.3 is 0 Å². The first-order chi connectivity index (χ1) is 13.1. The summed E-state index contributed by atoms with van der Waals surface area (Å²) in [6.45, 7) is 2.42. The van der Waals surface area contributed by atoms with Gasteiger partial charge in [-0.25, -0.2) is 4.98 Å². The second kappa shape index (κ2) is 7.00. The van der Waals surface area contributed by atoms with E-state index in [-0.39, 0.29) is 16.8 Å². The van der Waals surface area contributed by atoms with Crippen LogP contribution in [0.2, 0.25) is 0 Å². The molecule has 0 amide bonds. The highest BCUT2D eigenvalue weighted by Gasteiger charge is 2.18. The highest BCUT2D eigenvalue weighted by molar-refractivity contribution is 6.09. The number of benzene rings is 2. The summed E-state index contributed by atoms with van der Waals surface area (Å²) in [5.74, 6) is -0.273. The Hall–Kier alpha value is -3.53. The number of carbonyl (C=O) groups excluding carboxylic acids is 1. The van der Waals surface area contributed by atoms with Gasteiger partial charge in [-0.1, -0.05) is 60.7 Å². The van der Waals surface area contributed by atoms with Crippen molar-refractivity contribution in [1.82, 2.24) is 9.55 Å². The molecule has 0 spiro atoms. The molecule has 2 aromatic carbocycles. The lowest BCUT2D eigenvalue weighted by Gasteiger charge is -2.13. The fourth-order valence-electron chi connectivity index (χ4n) is 3.17. The van der Waals surface area contributed by atoms with E-state index in [0.29, 0.717) is 23.1 Å². The zero-order valence-corrected chi connectivity index (χ0v) is 14.9. The molecule has 4 nitrogen and oxygen atoms in total. The summed E-state index contributed by atoms with van der Waals surface area (Å²) in [5.41, 5.74) is 2.87. The third-order valence-corrected chi connectivity index (χ3v) is 4.54. The van der Waals surface area contributed by atoms with E-state index >= 15 is 0 Å². The summed E-state index contributed by atoms with van der Waals surface area (Å²) in [6.07, 6.45) is 1.64. The van der Waals surface area contributed by atoms with Crippen molar-refractivity contribution in [2.24, 2.45) is 0 Å². The third-order valence-electron chi connectivity index (χ3n) is 4.54. The molecular formula is C23H18N2O2. The zero-order chi connectivity index (χ0) is 18.8. The largest absolute Gasteiger partial charge is 0.327 e. The first-order valence-corrected chi connectivity index (χ1v) is 8.78. The van der Waals surface area contributed by atoms with Gasteiger partial charge in [-0.15, -0.1) is 0 Å². The molecule has 0 unspecified atom stereocenters. The van der Waals surface area contributed by atoms with Crippen LogP contribution in [0.1, 0.15) is 27.2 Å². The van der Waals surface area contributed by atoms with Gasteiger partial charge in [0.1, 0.15) is 5.65 Å². The molecule has 132 valence electrons. The number of hydrogen-bond donors (Lipinski definition) is 0. The summed E-state index contributed by atoms with van der Waals surface area (Å²) >= 11 is 0. The molecule has 0 saturated heterocycles. The van der Waals surface area contributed by atoms with Crippen LogP contribution >= 0.6 is 0 Å². The van der Waals surface area contributed by atoms with Crippen molar-refractivity contribution in [1.29, 1.82) is 0 Å². The van der Waals surface area contributed by atoms with E-state index < -0.39 is 0 Å². The lowest BCUT2D eigenvalue weighted by atomic mass is 10.0. The number of carbonyl (C=O) groups is 1. The first kappa shape index (κ1) is 16.9. The topological polar surface area (TPSA) is 52.0 Å². The van der Waals surface area contributed by atoms with E-state index in [1.165, 1.54) is 0 Å². The second-order valence-corrected chi connectivity index (χ2v) is 6.50. The molecule has 0 aliphatic heterocycles. The Morgan fingerprint density at radius 2 is 1.59 bits per heavy atom. The predicted octanol–water partition coefficient (Wildman–Crippen LogP) is 3.98. The maximum Gasteiger partial charge on any atom is 0.202 e. The smallest absolute Gasteiger partial charge is 0.202 e. The van der Waals surface area contributed by atoms with Gasteiger partial charge in [0.25, 0.3) is 0 Å². The van der Waals surface area contributed by atoms with Gasteiger partial charge in [0.15, 0.2) is 5.78 Å². The highest BCUT2D eigenvalue weighted by atomic mass is 16.1. The summed E-state index contributed by atoms with van der Waals surface area (Å²) in [6, 6.07) is 22.3. The van der Waals surface area contributed by atoms with E-state index in [4.69, 9.17) is 0 Å². The van der Waals surface area contributed by atoms with Crippen LogP contribution in [-0.4, -0.2) is 15.3 Å². The van der Waals surface area contributed by atoms with Crippen LogP contribution in [0.3, 0.4) is 0 Å². The van der Waals surface area contributed by atoms with Crippen molar-refractivity contribution < 1.29 is 4.79 Å². The number of ketones is 1. The maximum absolute atomic E-state index is 13.0. The molecular weight excluding hydrogens is 336 g/mol. The number of aromatic nitrogens is 2. The van der Waals surface area contributed by atoms with Crippen LogP contribution < -0.4 is 5.43 Å². The van der Waals surface area contributed by atoms with Crippen molar-refractivity contribution in [3.05, 3.63) is 112 Å². The number of rotatable bonds is 4. The SMILES string of the molecule is Cc1ccc2c(=O)c(C(=O)c3ccccc3)cn(Cc3ccccc3)c2n1. The summed E-state index contributed by atoms with van der Waals surface area (Å²) < 4.78 is 1.88. The van der Waals surface area contributed by atoms with E-state index in [2.05, 4.69) is 4.98 Å². The fourth-order valence-corrected chi connectivity index (χ4v) is 3.17. The predicted molar refractivity (Wildman–Crippen MR) is 106 cm³/mol. The number of hydrogen-bond acceptors (Lipinski definition) is 3. The standard InChI is InChI=1S/C23H18N2O2/c1-16-12-13-19-22(27)20(21(26)18-10-6-3-7-11-18)15-25(23(19)24-16)14-17-8-4-2-5-9-17/h2-13,15H,14H2,1H3. The molecule has 0 aliphatic carbocycles. The average Bonchev–Trinajstić information content (AvgIpc) is 2.71. The lowest BCUT2D eigenvalue weighted by molar-refractivity contribution is 0.103. The molecule has 0 N–H and O–H groups in total. The van der Waals surface area contributed by atoms with Crippen LogP contribution in [0.15, 0.2) is 83.8 Å². The van der Waals surface area contributed by atoms with Crippen molar-refractivity contribution in [2.75, 3.05) is 0 Å². The Labute approximate surface area is 156 Å². The quantitative estimate of drug-likeness (QED) is 0.521.